The van der Waals surface area contributed by atoms with E-state index in [9.17, 15) is 5.11 Å². The molecule has 0 spiro atoms. The molecule has 9 heteroatoms. The average molecular weight is 364 g/mol. The van der Waals surface area contributed by atoms with Crippen LogP contribution >= 0.6 is 0 Å². The number of nitrogens with zero attached hydrogens (tertiary/aromatic N) is 7. The quantitative estimate of drug-likeness (QED) is 0.557. The van der Waals surface area contributed by atoms with Gasteiger partial charge in [0.2, 0.25) is 5.95 Å². The van der Waals surface area contributed by atoms with Crippen LogP contribution in [-0.2, 0) is 7.05 Å². The third-order valence-electron chi connectivity index (χ3n) is 5.17. The van der Waals surface area contributed by atoms with Crippen molar-refractivity contribution in [2.75, 3.05) is 23.7 Å². The maximum absolute atomic E-state index is 10.1. The summed E-state index contributed by atoms with van der Waals surface area (Å²) in [4.78, 5) is 11.4. The number of nitrogens with two attached hydrogens (primary N) is 1. The number of benzene rings is 1. The van der Waals surface area contributed by atoms with Crippen LogP contribution in [0.15, 0.2) is 30.6 Å². The lowest BCUT2D eigenvalue weighted by molar-refractivity contribution is 0.480. The normalized spacial score (nSPS) is 17.8. The van der Waals surface area contributed by atoms with Gasteiger partial charge in [0.25, 0.3) is 0 Å². The fourth-order valence-corrected chi connectivity index (χ4v) is 3.82. The first-order chi connectivity index (χ1) is 13.1. The molecule has 0 radical (unpaired) electrons. The highest BCUT2D eigenvalue weighted by Crippen LogP contribution is 2.31. The Bertz CT molecular complexity index is 1150. The third kappa shape index (κ3) is 2.54. The minimum Gasteiger partial charge on any atom is -0.506 e. The Morgan fingerprint density at radius 3 is 2.96 bits per heavy atom. The van der Waals surface area contributed by atoms with E-state index in [1.54, 1.807) is 16.6 Å². The predicted octanol–water partition coefficient (Wildman–Crippen LogP) is 1.68. The summed E-state index contributed by atoms with van der Waals surface area (Å²) >= 11 is 0. The largest absolute Gasteiger partial charge is 0.506 e. The van der Waals surface area contributed by atoms with Crippen molar-refractivity contribution in [2.24, 2.45) is 7.05 Å². The van der Waals surface area contributed by atoms with Crippen LogP contribution in [0.4, 0.5) is 11.6 Å². The number of phenolic OH excluding ortho intramolecular Hbond substituents is 1. The first kappa shape index (κ1) is 15.9. The number of para-hydroxylation sites is 1. The Morgan fingerprint density at radius 2 is 2.15 bits per heavy atom. The zero-order chi connectivity index (χ0) is 18.5. The fourth-order valence-electron chi connectivity index (χ4n) is 3.82. The molecule has 1 aliphatic rings. The van der Waals surface area contributed by atoms with E-state index in [1.807, 2.05) is 30.2 Å². The zero-order valence-electron chi connectivity index (χ0n) is 14.9. The number of anilines is 2. The molecule has 4 aromatic rings. The van der Waals surface area contributed by atoms with Crippen molar-refractivity contribution in [2.45, 2.75) is 18.8 Å². The van der Waals surface area contributed by atoms with Gasteiger partial charge in [0.05, 0.1) is 11.9 Å². The molecule has 3 aromatic heterocycles. The van der Waals surface area contributed by atoms with Crippen molar-refractivity contribution in [1.82, 2.24) is 29.4 Å². The summed E-state index contributed by atoms with van der Waals surface area (Å²) in [5, 5.41) is 19.7. The van der Waals surface area contributed by atoms with Gasteiger partial charge in [0.15, 0.2) is 11.5 Å². The molecule has 3 N–H and O–H groups in total. The number of aromatic hydroxyl groups is 1. The molecular weight excluding hydrogens is 344 g/mol. The van der Waals surface area contributed by atoms with Crippen molar-refractivity contribution in [1.29, 1.82) is 0 Å². The van der Waals surface area contributed by atoms with Crippen LogP contribution < -0.4 is 10.6 Å². The maximum Gasteiger partial charge on any atom is 0.223 e. The summed E-state index contributed by atoms with van der Waals surface area (Å²) in [6.07, 6.45) is 5.99. The van der Waals surface area contributed by atoms with Crippen LogP contribution in [0.25, 0.3) is 16.6 Å². The molecule has 1 saturated heterocycles. The first-order valence-electron chi connectivity index (χ1n) is 8.97. The summed E-state index contributed by atoms with van der Waals surface area (Å²) in [7, 11) is 1.92. The van der Waals surface area contributed by atoms with Crippen molar-refractivity contribution in [3.8, 4) is 5.75 Å². The fraction of sp³-hybridized carbons (Fsp3) is 0.333. The Hall–Kier alpha value is -3.36. The van der Waals surface area contributed by atoms with Gasteiger partial charge >= 0.3 is 0 Å². The van der Waals surface area contributed by atoms with E-state index in [-0.39, 0.29) is 17.6 Å². The molecule has 0 saturated carbocycles. The Morgan fingerprint density at radius 1 is 1.26 bits per heavy atom. The van der Waals surface area contributed by atoms with Gasteiger partial charge in [-0.05, 0) is 25.0 Å². The molecule has 1 aromatic carbocycles. The van der Waals surface area contributed by atoms with Crippen LogP contribution in [0.1, 0.15) is 24.6 Å². The molecule has 5 rings (SSSR count). The average Bonchev–Trinajstić information content (AvgIpc) is 3.30. The van der Waals surface area contributed by atoms with E-state index in [2.05, 4.69) is 20.1 Å². The topological polar surface area (TPSA) is 110 Å². The lowest BCUT2D eigenvalue weighted by atomic mass is 9.97. The predicted molar refractivity (Wildman–Crippen MR) is 102 cm³/mol. The van der Waals surface area contributed by atoms with Gasteiger partial charge < -0.3 is 15.7 Å². The second-order valence-corrected chi connectivity index (χ2v) is 7.01. The summed E-state index contributed by atoms with van der Waals surface area (Å²) < 4.78 is 3.38. The number of fused-ring (bicyclic) bond motifs is 3. The smallest absolute Gasteiger partial charge is 0.223 e. The second-order valence-electron chi connectivity index (χ2n) is 7.01. The van der Waals surface area contributed by atoms with Crippen molar-refractivity contribution >= 4 is 28.2 Å². The van der Waals surface area contributed by atoms with Crippen LogP contribution in [0.2, 0.25) is 0 Å². The highest BCUT2D eigenvalue weighted by atomic mass is 16.3. The number of aryl methyl sites for hydroxylation is 1. The van der Waals surface area contributed by atoms with Crippen molar-refractivity contribution in [3.63, 3.8) is 0 Å². The zero-order valence-corrected chi connectivity index (χ0v) is 14.9. The lowest BCUT2D eigenvalue weighted by Gasteiger charge is -2.32. The summed E-state index contributed by atoms with van der Waals surface area (Å²) in [6, 6.07) is 5.24. The Balaban J connectivity index is 1.56. The molecule has 0 unspecified atom stereocenters. The van der Waals surface area contributed by atoms with E-state index < -0.39 is 0 Å². The molecule has 27 heavy (non-hydrogen) atoms. The monoisotopic (exact) mass is 364 g/mol. The van der Waals surface area contributed by atoms with Gasteiger partial charge in [-0.1, -0.05) is 6.07 Å². The second kappa shape index (κ2) is 5.83. The van der Waals surface area contributed by atoms with Crippen molar-refractivity contribution in [3.05, 3.63) is 36.4 Å². The number of hydrogen-bond donors (Lipinski definition) is 2. The standard InChI is InChI=1S/C18H20N8O/c1-24-10-12(8-20-24)25-7-3-4-11(9-25)16-22-17-13-5-2-6-14(27)15(13)21-18(19)26(17)23-16/h2,5-6,8,10-11,27H,3-4,7,9H2,1H3,(H2,19,21)/t11-/m0/s1. The lowest BCUT2D eigenvalue weighted by Crippen LogP contribution is -2.34. The van der Waals surface area contributed by atoms with E-state index in [0.717, 1.165) is 42.8 Å². The van der Waals surface area contributed by atoms with Gasteiger partial charge in [-0.25, -0.2) is 9.97 Å². The Kier molecular flexibility index (Phi) is 3.43. The van der Waals surface area contributed by atoms with Crippen LogP contribution in [0, 0.1) is 0 Å². The minimum absolute atomic E-state index is 0.0895. The summed E-state index contributed by atoms with van der Waals surface area (Å²) in [5.74, 6) is 1.27. The molecule has 0 bridgehead atoms. The summed E-state index contributed by atoms with van der Waals surface area (Å²) in [6.45, 7) is 1.83. The highest BCUT2D eigenvalue weighted by Gasteiger charge is 2.26. The number of rotatable bonds is 2. The molecule has 1 atom stereocenters. The molecule has 0 aliphatic carbocycles. The van der Waals surface area contributed by atoms with Crippen molar-refractivity contribution < 1.29 is 5.11 Å². The molecule has 1 aliphatic heterocycles. The van der Waals surface area contributed by atoms with E-state index in [1.165, 1.54) is 0 Å². The molecule has 1 fully saturated rings. The number of aromatic nitrogens is 6. The minimum atomic E-state index is 0.0895. The van der Waals surface area contributed by atoms with Gasteiger partial charge in [0.1, 0.15) is 11.3 Å². The number of hydrogen-bond acceptors (Lipinski definition) is 7. The summed E-state index contributed by atoms with van der Waals surface area (Å²) in [5.41, 5.74) is 8.26. The molecular formula is C18H20N8O. The van der Waals surface area contributed by atoms with E-state index in [4.69, 9.17) is 10.7 Å². The highest BCUT2D eigenvalue weighted by molar-refractivity contribution is 5.95. The maximum atomic E-state index is 10.1. The van der Waals surface area contributed by atoms with Crippen LogP contribution in [0.3, 0.4) is 0 Å². The number of piperidine rings is 1. The molecule has 4 heterocycles. The van der Waals surface area contributed by atoms with Gasteiger partial charge in [0, 0.05) is 37.6 Å². The number of phenols is 1. The van der Waals surface area contributed by atoms with E-state index in [0.29, 0.717) is 11.2 Å². The Labute approximate surface area is 155 Å². The van der Waals surface area contributed by atoms with Gasteiger partial charge in [-0.15, -0.1) is 5.10 Å². The number of nitrogen functional groups attached to an aromatic ring is 1. The van der Waals surface area contributed by atoms with Gasteiger partial charge in [-0.3, -0.25) is 4.68 Å². The van der Waals surface area contributed by atoms with Crippen LogP contribution in [-0.4, -0.2) is 47.6 Å². The first-order valence-corrected chi connectivity index (χ1v) is 8.97. The molecule has 138 valence electrons. The molecule has 0 amide bonds. The third-order valence-corrected chi connectivity index (χ3v) is 5.17. The van der Waals surface area contributed by atoms with E-state index >= 15 is 0 Å². The molecule has 9 nitrogen and oxygen atoms in total. The van der Waals surface area contributed by atoms with Crippen LogP contribution in [0.5, 0.6) is 5.75 Å². The van der Waals surface area contributed by atoms with Gasteiger partial charge in [-0.2, -0.15) is 9.61 Å². The SMILES string of the molecule is Cn1cc(N2CCC[C@H](c3nc4c5cccc(O)c5nc(N)n4n3)C2)cn1.